The molecule has 5 rings (SSSR count). The number of nitrogens with zero attached hydrogens (tertiary/aromatic N) is 2. The van der Waals surface area contributed by atoms with Gasteiger partial charge in [0.05, 0.1) is 11.3 Å². The van der Waals surface area contributed by atoms with Crippen LogP contribution in [0.3, 0.4) is 0 Å². The number of anilines is 2. The van der Waals surface area contributed by atoms with E-state index in [4.69, 9.17) is 9.36 Å². The minimum Gasteiger partial charge on any atom is -0.508 e. The average molecular weight is 400 g/mol. The number of carbonyl (C=O) groups is 1. The number of aromatic hydroxyl groups is 1. The molecule has 2 heterocycles. The van der Waals surface area contributed by atoms with Crippen molar-refractivity contribution >= 4 is 17.3 Å². The van der Waals surface area contributed by atoms with Crippen LogP contribution >= 0.6 is 0 Å². The third-order valence-electron chi connectivity index (χ3n) is 4.67. The number of phenols is 1. The van der Waals surface area contributed by atoms with E-state index >= 15 is 0 Å². The van der Waals surface area contributed by atoms with Gasteiger partial charge in [0.2, 0.25) is 0 Å². The molecule has 1 aliphatic heterocycles. The Morgan fingerprint density at radius 2 is 1.70 bits per heavy atom. The van der Waals surface area contributed by atoms with Crippen molar-refractivity contribution in [3.05, 3.63) is 84.4 Å². The monoisotopic (exact) mass is 400 g/mol. The first-order valence-electron chi connectivity index (χ1n) is 9.17. The van der Waals surface area contributed by atoms with Crippen molar-refractivity contribution in [1.29, 1.82) is 0 Å². The molecule has 0 radical (unpaired) electrons. The summed E-state index contributed by atoms with van der Waals surface area (Å²) in [7, 11) is 0. The summed E-state index contributed by atoms with van der Waals surface area (Å²) in [5.74, 6) is 0.265. The summed E-state index contributed by atoms with van der Waals surface area (Å²) in [5.41, 5.74) is 9.87. The first-order valence-corrected chi connectivity index (χ1v) is 9.17. The first-order chi connectivity index (χ1) is 14.7. The predicted octanol–water partition coefficient (Wildman–Crippen LogP) is 4.14. The van der Waals surface area contributed by atoms with Crippen molar-refractivity contribution < 1.29 is 19.3 Å². The van der Waals surface area contributed by atoms with E-state index in [-0.39, 0.29) is 5.75 Å². The van der Waals surface area contributed by atoms with Crippen LogP contribution in [0.2, 0.25) is 0 Å². The smallest absolute Gasteiger partial charge is 0.365 e. The molecule has 1 aromatic heterocycles. The Kier molecular flexibility index (Phi) is 4.30. The van der Waals surface area contributed by atoms with Crippen molar-refractivity contribution in [2.75, 3.05) is 10.6 Å². The van der Waals surface area contributed by atoms with Crippen LogP contribution in [0.5, 0.6) is 5.75 Å². The van der Waals surface area contributed by atoms with Crippen LogP contribution in [-0.2, 0) is 4.84 Å². The molecule has 3 aromatic carbocycles. The van der Waals surface area contributed by atoms with E-state index < -0.39 is 5.97 Å². The highest BCUT2D eigenvalue weighted by molar-refractivity contribution is 5.91. The fourth-order valence-corrected chi connectivity index (χ4v) is 3.09. The van der Waals surface area contributed by atoms with Crippen LogP contribution in [0, 0.1) is 0 Å². The lowest BCUT2D eigenvalue weighted by Crippen LogP contribution is -2.37. The zero-order valence-electron chi connectivity index (χ0n) is 15.6. The number of hydrogen-bond donors (Lipinski definition) is 3. The van der Waals surface area contributed by atoms with Gasteiger partial charge < -0.3 is 14.5 Å². The van der Waals surface area contributed by atoms with Crippen LogP contribution < -0.4 is 16.1 Å². The van der Waals surface area contributed by atoms with Gasteiger partial charge in [0, 0.05) is 17.2 Å². The molecule has 0 fully saturated rings. The lowest BCUT2D eigenvalue weighted by molar-refractivity contribution is 0.0414. The van der Waals surface area contributed by atoms with E-state index in [9.17, 15) is 9.90 Å². The van der Waals surface area contributed by atoms with Crippen LogP contribution in [0.25, 0.3) is 22.6 Å². The molecule has 8 nitrogen and oxygen atoms in total. The first kappa shape index (κ1) is 17.8. The van der Waals surface area contributed by atoms with Crippen molar-refractivity contribution in [3.63, 3.8) is 0 Å². The maximum absolute atomic E-state index is 12.5. The molecule has 4 aromatic rings. The van der Waals surface area contributed by atoms with Gasteiger partial charge in [-0.3, -0.25) is 5.43 Å². The molecule has 8 heteroatoms. The van der Waals surface area contributed by atoms with Crippen LogP contribution in [0.4, 0.5) is 11.4 Å². The van der Waals surface area contributed by atoms with Crippen LogP contribution in [0.1, 0.15) is 10.4 Å². The fourth-order valence-electron chi connectivity index (χ4n) is 3.09. The highest BCUT2D eigenvalue weighted by atomic mass is 16.7. The van der Waals surface area contributed by atoms with Crippen molar-refractivity contribution in [2.24, 2.45) is 0 Å². The number of phenolic OH excluding ortho intramolecular Hbond substituents is 1. The molecule has 0 saturated carbocycles. The number of para-hydroxylation sites is 2. The van der Waals surface area contributed by atoms with E-state index in [0.29, 0.717) is 22.7 Å². The lowest BCUT2D eigenvalue weighted by atomic mass is 10.1. The second-order valence-corrected chi connectivity index (χ2v) is 6.63. The molecule has 3 N–H and O–H groups in total. The Balaban J connectivity index is 1.30. The molecule has 1 aliphatic rings. The number of benzene rings is 3. The molecule has 0 spiro atoms. The van der Waals surface area contributed by atoms with E-state index in [1.807, 2.05) is 24.3 Å². The van der Waals surface area contributed by atoms with Crippen molar-refractivity contribution in [1.82, 2.24) is 10.7 Å². The minimum absolute atomic E-state index is 0.185. The van der Waals surface area contributed by atoms with Gasteiger partial charge in [0.25, 0.3) is 0 Å². The van der Waals surface area contributed by atoms with Gasteiger partial charge in [0.15, 0.2) is 5.76 Å². The van der Waals surface area contributed by atoms with E-state index in [1.165, 1.54) is 5.17 Å². The molecule has 148 valence electrons. The number of aromatic nitrogens is 1. The van der Waals surface area contributed by atoms with Crippen LogP contribution in [0.15, 0.2) is 83.4 Å². The third-order valence-corrected chi connectivity index (χ3v) is 4.67. The predicted molar refractivity (Wildman–Crippen MR) is 110 cm³/mol. The largest absolute Gasteiger partial charge is 0.508 e. The van der Waals surface area contributed by atoms with Gasteiger partial charge in [-0.2, -0.15) is 0 Å². The molecule has 0 amide bonds. The molecular weight excluding hydrogens is 384 g/mol. The zero-order chi connectivity index (χ0) is 20.5. The third kappa shape index (κ3) is 3.31. The molecule has 0 aliphatic carbocycles. The summed E-state index contributed by atoms with van der Waals surface area (Å²) in [4.78, 5) is 17.9. The number of rotatable bonds is 4. The summed E-state index contributed by atoms with van der Waals surface area (Å²) in [6.07, 6.45) is 0. The maximum atomic E-state index is 12.5. The molecule has 0 bridgehead atoms. The van der Waals surface area contributed by atoms with Crippen LogP contribution in [-0.4, -0.2) is 16.2 Å². The summed E-state index contributed by atoms with van der Waals surface area (Å²) in [6.45, 7) is 0. The second kappa shape index (κ2) is 7.26. The molecule has 30 heavy (non-hydrogen) atoms. The van der Waals surface area contributed by atoms with E-state index in [0.717, 1.165) is 16.8 Å². The van der Waals surface area contributed by atoms with E-state index in [2.05, 4.69) is 16.1 Å². The normalized spacial score (nSPS) is 12.3. The zero-order valence-corrected chi connectivity index (χ0v) is 15.6. The van der Waals surface area contributed by atoms with Gasteiger partial charge in [-0.15, -0.1) is 10.7 Å². The Labute approximate surface area is 171 Å². The van der Waals surface area contributed by atoms with Gasteiger partial charge in [-0.1, -0.05) is 29.4 Å². The topological polar surface area (TPSA) is 99.9 Å². The number of hydrazine groups is 2. The van der Waals surface area contributed by atoms with Gasteiger partial charge in [-0.05, 0) is 48.5 Å². The standard InChI is InChI=1S/C22H16N4O4/c27-17-11-9-15(10-12-17)21-13-19(24-29-21)14-5-7-16(8-6-14)22(28)30-26-20-4-2-1-3-18(20)23-25-26/h1-13,23,25,27H. The maximum Gasteiger partial charge on any atom is 0.365 e. The fraction of sp³-hybridized carbons (Fsp3) is 0. The molecule has 0 unspecified atom stereocenters. The number of fused-ring (bicyclic) bond motifs is 1. The highest BCUT2D eigenvalue weighted by Crippen LogP contribution is 2.29. The second-order valence-electron chi connectivity index (χ2n) is 6.63. The Morgan fingerprint density at radius 3 is 2.50 bits per heavy atom. The summed E-state index contributed by atoms with van der Waals surface area (Å²) in [6, 6.07) is 22.8. The number of nitrogens with one attached hydrogen (secondary N) is 2. The SMILES string of the molecule is O=C(ON1NNc2ccccc21)c1ccc(-c2cc(-c3ccc(O)cc3)on2)cc1. The molecule has 0 atom stereocenters. The lowest BCUT2D eigenvalue weighted by Gasteiger charge is -2.16. The van der Waals surface area contributed by atoms with E-state index in [1.54, 1.807) is 54.6 Å². The summed E-state index contributed by atoms with van der Waals surface area (Å²) < 4.78 is 5.40. The summed E-state index contributed by atoms with van der Waals surface area (Å²) >= 11 is 0. The molecule has 0 saturated heterocycles. The number of hydrogen-bond acceptors (Lipinski definition) is 8. The highest BCUT2D eigenvalue weighted by Gasteiger charge is 2.22. The number of carbonyl (C=O) groups excluding carboxylic acids is 1. The molecular formula is C22H16N4O4. The van der Waals surface area contributed by atoms with Gasteiger partial charge >= 0.3 is 5.97 Å². The minimum atomic E-state index is -0.502. The Bertz CT molecular complexity index is 1200. The van der Waals surface area contributed by atoms with Gasteiger partial charge in [0.1, 0.15) is 17.1 Å². The Morgan fingerprint density at radius 1 is 0.967 bits per heavy atom. The summed E-state index contributed by atoms with van der Waals surface area (Å²) in [5, 5.41) is 14.8. The van der Waals surface area contributed by atoms with Crippen molar-refractivity contribution in [3.8, 4) is 28.3 Å². The Hall–Kier alpha value is -4.30. The van der Waals surface area contributed by atoms with Gasteiger partial charge in [-0.25, -0.2) is 4.79 Å². The average Bonchev–Trinajstić information content (AvgIpc) is 3.42. The quantitative estimate of drug-likeness (QED) is 0.470. The van der Waals surface area contributed by atoms with Crippen molar-refractivity contribution in [2.45, 2.75) is 0 Å².